The minimum absolute atomic E-state index is 0.0962. The predicted molar refractivity (Wildman–Crippen MR) is 165 cm³/mol. The number of nitrogens with zero attached hydrogens (tertiary/aromatic N) is 5. The molecule has 3 aromatic carbocycles. The van der Waals surface area contributed by atoms with Crippen LogP contribution in [0.2, 0.25) is 0 Å². The first-order valence-electron chi connectivity index (χ1n) is 13.6. The van der Waals surface area contributed by atoms with Gasteiger partial charge >= 0.3 is 12.4 Å². The Labute approximate surface area is 259 Å². The maximum atomic E-state index is 14.9. The largest absolute Gasteiger partial charge is 0.573 e. The van der Waals surface area contributed by atoms with E-state index < -0.39 is 18.2 Å². The Morgan fingerprint density at radius 1 is 1.09 bits per heavy atom. The lowest BCUT2D eigenvalue weighted by molar-refractivity contribution is -0.274. The molecule has 1 aliphatic rings. The molecular weight excluding hydrogens is 612 g/mol. The first-order valence-corrected chi connectivity index (χ1v) is 14.6. The molecular formula is C31H26F4N6O3S. The van der Waals surface area contributed by atoms with Crippen LogP contribution in [-0.4, -0.2) is 44.0 Å². The van der Waals surface area contributed by atoms with E-state index in [0.717, 1.165) is 35.0 Å². The van der Waals surface area contributed by atoms with Crippen LogP contribution in [0.1, 0.15) is 42.3 Å². The number of rotatable bonds is 7. The molecule has 14 heteroatoms. The molecule has 0 bridgehead atoms. The molecule has 1 N–H and O–H groups in total. The van der Waals surface area contributed by atoms with Crippen molar-refractivity contribution in [3.63, 3.8) is 0 Å². The van der Waals surface area contributed by atoms with Gasteiger partial charge in [0.25, 0.3) is 0 Å². The van der Waals surface area contributed by atoms with Gasteiger partial charge in [-0.15, -0.1) is 18.3 Å². The highest BCUT2D eigenvalue weighted by molar-refractivity contribution is 8.15. The maximum absolute atomic E-state index is 14.9. The highest BCUT2D eigenvalue weighted by atomic mass is 32.2. The van der Waals surface area contributed by atoms with E-state index in [4.69, 9.17) is 0 Å². The maximum Gasteiger partial charge on any atom is 0.573 e. The van der Waals surface area contributed by atoms with E-state index in [1.165, 1.54) is 46.3 Å². The Morgan fingerprint density at radius 2 is 1.84 bits per heavy atom. The summed E-state index contributed by atoms with van der Waals surface area (Å²) in [6, 6.07) is 14.2. The number of hydrogen-bond acceptors (Lipinski definition) is 6. The number of thioether (sulfide) groups is 1. The van der Waals surface area contributed by atoms with Crippen LogP contribution in [0.5, 0.6) is 5.75 Å². The van der Waals surface area contributed by atoms with Gasteiger partial charge in [-0.3, -0.25) is 9.69 Å². The molecule has 2 heterocycles. The molecule has 0 saturated carbocycles. The molecule has 232 valence electrons. The van der Waals surface area contributed by atoms with Crippen LogP contribution in [0, 0.1) is 12.7 Å². The lowest BCUT2D eigenvalue weighted by Crippen LogP contribution is -2.31. The van der Waals surface area contributed by atoms with Crippen LogP contribution < -0.4 is 15.0 Å². The summed E-state index contributed by atoms with van der Waals surface area (Å²) in [6.07, 6.45) is -0.333. The minimum Gasteiger partial charge on any atom is -0.406 e. The lowest BCUT2D eigenvalue weighted by atomic mass is 9.99. The number of carbonyl (C=O) groups is 2. The highest BCUT2D eigenvalue weighted by Gasteiger charge is 2.33. The van der Waals surface area contributed by atoms with Gasteiger partial charge in [0.2, 0.25) is 5.91 Å². The van der Waals surface area contributed by atoms with Crippen molar-refractivity contribution in [1.29, 1.82) is 0 Å². The third kappa shape index (κ3) is 7.76. The van der Waals surface area contributed by atoms with Crippen molar-refractivity contribution in [3.8, 4) is 11.4 Å². The summed E-state index contributed by atoms with van der Waals surface area (Å²) in [4.78, 5) is 35.2. The molecule has 0 aliphatic carbocycles. The van der Waals surface area contributed by atoms with Crippen LogP contribution in [0.15, 0.2) is 72.0 Å². The van der Waals surface area contributed by atoms with E-state index in [1.54, 1.807) is 12.1 Å². The van der Waals surface area contributed by atoms with Gasteiger partial charge in [0.15, 0.2) is 11.0 Å². The molecule has 0 unspecified atom stereocenters. The Morgan fingerprint density at radius 3 is 2.53 bits per heavy atom. The summed E-state index contributed by atoms with van der Waals surface area (Å²) in [5.41, 5.74) is 3.37. The zero-order valence-electron chi connectivity index (χ0n) is 24.2. The van der Waals surface area contributed by atoms with Crippen molar-refractivity contribution in [2.45, 2.75) is 33.1 Å². The van der Waals surface area contributed by atoms with E-state index >= 15 is 0 Å². The van der Waals surface area contributed by atoms with Crippen molar-refractivity contribution in [3.05, 3.63) is 95.3 Å². The number of ether oxygens (including phenoxy) is 1. The third-order valence-corrected chi connectivity index (χ3v) is 7.44. The topological polar surface area (TPSA) is 102 Å². The SMILES string of the molecule is Cc1ccc(C(C)C)c(N2C(=O)CSC2=NC(=O)Nc2ccc(C=Cc3ncn(-c4ccc(OC(F)(F)F)cc4)n3)cc2F)c1. The van der Waals surface area contributed by atoms with E-state index in [0.29, 0.717) is 16.9 Å². The van der Waals surface area contributed by atoms with E-state index in [2.05, 4.69) is 25.1 Å². The normalized spacial score (nSPS) is 14.6. The van der Waals surface area contributed by atoms with Gasteiger partial charge in [-0.25, -0.2) is 18.9 Å². The molecule has 1 fully saturated rings. The van der Waals surface area contributed by atoms with Crippen LogP contribution >= 0.6 is 11.8 Å². The summed E-state index contributed by atoms with van der Waals surface area (Å²) < 4.78 is 57.3. The van der Waals surface area contributed by atoms with Gasteiger partial charge in [-0.2, -0.15) is 4.99 Å². The van der Waals surface area contributed by atoms with E-state index in [1.807, 2.05) is 39.0 Å². The number of hydrogen-bond donors (Lipinski definition) is 1. The molecule has 3 amide bonds. The second-order valence-corrected chi connectivity index (χ2v) is 11.2. The Hall–Kier alpha value is -4.98. The summed E-state index contributed by atoms with van der Waals surface area (Å²) in [7, 11) is 0. The minimum atomic E-state index is -4.79. The summed E-state index contributed by atoms with van der Waals surface area (Å²) in [5.74, 6) is -0.750. The van der Waals surface area contributed by atoms with Crippen LogP contribution in [0.4, 0.5) is 33.7 Å². The van der Waals surface area contributed by atoms with Crippen molar-refractivity contribution < 1.29 is 31.9 Å². The van der Waals surface area contributed by atoms with Gasteiger partial charge < -0.3 is 10.1 Å². The number of anilines is 2. The molecule has 1 aliphatic heterocycles. The second kappa shape index (κ2) is 12.9. The van der Waals surface area contributed by atoms with Crippen LogP contribution in [-0.2, 0) is 4.79 Å². The smallest absolute Gasteiger partial charge is 0.406 e. The van der Waals surface area contributed by atoms with E-state index in [-0.39, 0.29) is 40.0 Å². The molecule has 9 nitrogen and oxygen atoms in total. The average molecular weight is 639 g/mol. The fourth-order valence-corrected chi connectivity index (χ4v) is 5.29. The molecule has 45 heavy (non-hydrogen) atoms. The van der Waals surface area contributed by atoms with Crippen LogP contribution in [0.25, 0.3) is 17.8 Å². The van der Waals surface area contributed by atoms with Gasteiger partial charge in [0.1, 0.15) is 17.9 Å². The first-order chi connectivity index (χ1) is 21.4. The number of aromatic nitrogens is 3. The van der Waals surface area contributed by atoms with Crippen LogP contribution in [0.3, 0.4) is 0 Å². The highest BCUT2D eigenvalue weighted by Crippen LogP contribution is 2.34. The molecule has 5 rings (SSSR count). The molecule has 0 atom stereocenters. The number of amidine groups is 1. The van der Waals surface area contributed by atoms with Gasteiger partial charge in [-0.05, 0) is 78.1 Å². The molecule has 1 aromatic heterocycles. The number of halogens is 4. The zero-order valence-corrected chi connectivity index (χ0v) is 25.0. The Balaban J connectivity index is 1.25. The summed E-state index contributed by atoms with van der Waals surface area (Å²) >= 11 is 1.13. The Kier molecular flexibility index (Phi) is 9.04. The van der Waals surface area contributed by atoms with Gasteiger partial charge in [0, 0.05) is 0 Å². The number of urea groups is 1. The molecule has 4 aromatic rings. The van der Waals surface area contributed by atoms with Crippen molar-refractivity contribution >= 4 is 52.4 Å². The summed E-state index contributed by atoms with van der Waals surface area (Å²) in [6.45, 7) is 5.94. The first kappa shape index (κ1) is 31.4. The number of amides is 3. The number of carbonyl (C=O) groups excluding carboxylic acids is 2. The number of benzene rings is 3. The number of alkyl halides is 3. The summed E-state index contributed by atoms with van der Waals surface area (Å²) in [5, 5.41) is 6.89. The third-order valence-electron chi connectivity index (χ3n) is 6.52. The number of aliphatic imine (C=N–C) groups is 1. The lowest BCUT2D eigenvalue weighted by Gasteiger charge is -2.22. The Bertz CT molecular complexity index is 1800. The van der Waals surface area contributed by atoms with Gasteiger partial charge in [0.05, 0.1) is 22.8 Å². The van der Waals surface area contributed by atoms with Crippen molar-refractivity contribution in [2.24, 2.45) is 4.99 Å². The molecule has 0 radical (unpaired) electrons. The van der Waals surface area contributed by atoms with E-state index in [9.17, 15) is 27.2 Å². The quantitative estimate of drug-likeness (QED) is 0.210. The molecule has 0 spiro atoms. The zero-order chi connectivity index (χ0) is 32.3. The van der Waals surface area contributed by atoms with Crippen molar-refractivity contribution in [2.75, 3.05) is 16.0 Å². The average Bonchev–Trinajstić information content (AvgIpc) is 3.59. The monoisotopic (exact) mass is 638 g/mol. The fraction of sp³-hybridized carbons (Fsp3) is 0.194. The fourth-order valence-electron chi connectivity index (χ4n) is 4.43. The second-order valence-electron chi connectivity index (χ2n) is 10.2. The van der Waals surface area contributed by atoms with Crippen molar-refractivity contribution in [1.82, 2.24) is 14.8 Å². The number of nitrogens with one attached hydrogen (secondary N) is 1. The standard InChI is InChI=1S/C31H26F4N6O3S/c1-18(2)23-11-4-19(3)14-26(23)41-28(42)16-45-30(41)38-29(43)37-25-12-5-20(15-24(25)32)6-13-27-36-17-40(39-27)21-7-9-22(10-8-21)44-31(33,34)35/h4-15,17-18H,16H2,1-3H3,(H,37,43). The number of aryl methyl sites for hydroxylation is 1. The molecule has 1 saturated heterocycles. The van der Waals surface area contributed by atoms with Gasteiger partial charge in [-0.1, -0.05) is 49.9 Å². The predicted octanol–water partition coefficient (Wildman–Crippen LogP) is 7.58.